The van der Waals surface area contributed by atoms with Crippen molar-refractivity contribution >= 4 is 33.3 Å². The molecule has 4 atom stereocenters. The van der Waals surface area contributed by atoms with Crippen LogP contribution in [-0.2, 0) is 17.7 Å². The highest BCUT2D eigenvalue weighted by Crippen LogP contribution is 2.45. The lowest BCUT2D eigenvalue weighted by molar-refractivity contribution is -0.122. The second kappa shape index (κ2) is 12.2. The molecule has 0 aromatic carbocycles. The maximum absolute atomic E-state index is 7.44. The average molecular weight is 634 g/mol. The molecule has 0 bridgehead atoms. The number of rotatable bonds is 9. The van der Waals surface area contributed by atoms with Gasteiger partial charge >= 0.3 is 0 Å². The Hall–Kier alpha value is 0.668. The molecule has 1 rings (SSSR count). The lowest BCUT2D eigenvalue weighted by atomic mass is 9.95. The van der Waals surface area contributed by atoms with Crippen molar-refractivity contribution in [3.05, 3.63) is 0 Å². The molecule has 0 radical (unpaired) electrons. The van der Waals surface area contributed by atoms with Gasteiger partial charge in [-0.05, 0) is 79.6 Å². The van der Waals surface area contributed by atoms with Crippen molar-refractivity contribution in [2.45, 2.75) is 180 Å². The Morgan fingerprint density at radius 3 is 1.20 bits per heavy atom. The van der Waals surface area contributed by atoms with Crippen LogP contribution in [0.3, 0.4) is 0 Å². The van der Waals surface area contributed by atoms with Gasteiger partial charge in [0.1, 0.15) is 0 Å². The molecule has 0 aromatic heterocycles. The Morgan fingerprint density at radius 2 is 0.850 bits per heavy atom. The Morgan fingerprint density at radius 1 is 0.525 bits per heavy atom. The summed E-state index contributed by atoms with van der Waals surface area (Å²) in [7, 11) is -6.05. The van der Waals surface area contributed by atoms with Crippen molar-refractivity contribution in [3.8, 4) is 0 Å². The van der Waals surface area contributed by atoms with Crippen molar-refractivity contribution in [2.75, 3.05) is 20.2 Å². The first kappa shape index (κ1) is 38.7. The van der Waals surface area contributed by atoms with Gasteiger partial charge in [0.05, 0.1) is 31.0 Å². The van der Waals surface area contributed by atoms with Crippen molar-refractivity contribution in [1.82, 2.24) is 4.90 Å². The van der Waals surface area contributed by atoms with E-state index in [0.717, 1.165) is 6.54 Å². The molecule has 0 spiro atoms. The molecule has 3 unspecified atom stereocenters. The molecule has 0 amide bonds. The quantitative estimate of drug-likeness (QED) is 0.237. The van der Waals surface area contributed by atoms with Gasteiger partial charge in [-0.2, -0.15) is 0 Å². The van der Waals surface area contributed by atoms with Gasteiger partial charge in [0.15, 0.2) is 33.3 Å². The number of hydrogen-bond donors (Lipinski definition) is 0. The third-order valence-electron chi connectivity index (χ3n) is 11.3. The SMILES string of the molecule is CN1CC(O[Si](C)(C)C(C)(C)C)C(O[Si](C)(C)C(C)(C)C)C(O[Si](C)(C)C(C)(C)C)[C@H]1CO[Si](C)(C)C(C)(C)C. The average Bonchev–Trinajstić information content (AvgIpc) is 2.66. The fraction of sp³-hybridized carbons (Fsp3) is 1.00. The summed E-state index contributed by atoms with van der Waals surface area (Å²) in [6, 6.07) is 0.109. The molecule has 1 heterocycles. The zero-order valence-corrected chi connectivity index (χ0v) is 34.8. The van der Waals surface area contributed by atoms with Crippen molar-refractivity contribution in [2.24, 2.45) is 0 Å². The third-order valence-corrected chi connectivity index (χ3v) is 29.2. The number of piperidine rings is 1. The molecule has 1 saturated heterocycles. The molecule has 1 aliphatic heterocycles. The summed E-state index contributed by atoms with van der Waals surface area (Å²) in [5.41, 5.74) is 0. The summed E-state index contributed by atoms with van der Waals surface area (Å²) in [5.74, 6) is 0. The predicted octanol–water partition coefficient (Wildman–Crippen LogP) is 9.49. The molecule has 0 saturated carbocycles. The minimum absolute atomic E-state index is 0.0427. The van der Waals surface area contributed by atoms with Crippen LogP contribution in [0.5, 0.6) is 0 Å². The van der Waals surface area contributed by atoms with Gasteiger partial charge in [-0.1, -0.05) is 83.1 Å². The van der Waals surface area contributed by atoms with Gasteiger partial charge in [0, 0.05) is 6.54 Å². The number of likely N-dealkylation sites (tertiary alicyclic amines) is 1. The first-order valence-electron chi connectivity index (χ1n) is 15.7. The van der Waals surface area contributed by atoms with Crippen LogP contribution in [0, 0.1) is 0 Å². The molecule has 1 aliphatic rings. The van der Waals surface area contributed by atoms with Gasteiger partial charge in [0.25, 0.3) is 0 Å². The van der Waals surface area contributed by atoms with E-state index in [-0.39, 0.29) is 44.5 Å². The van der Waals surface area contributed by atoms with E-state index < -0.39 is 33.3 Å². The lowest BCUT2D eigenvalue weighted by Crippen LogP contribution is -2.69. The smallest absolute Gasteiger partial charge is 0.192 e. The second-order valence-electron chi connectivity index (χ2n) is 18.7. The minimum Gasteiger partial charge on any atom is -0.415 e. The van der Waals surface area contributed by atoms with Crippen LogP contribution in [0.4, 0.5) is 0 Å². The molecular formula is C31H71NO4Si4. The molecule has 0 aromatic rings. The van der Waals surface area contributed by atoms with Gasteiger partial charge < -0.3 is 17.7 Å². The summed E-state index contributed by atoms with van der Waals surface area (Å²) < 4.78 is 29.1. The number of hydrogen-bond acceptors (Lipinski definition) is 5. The molecule has 0 aliphatic carbocycles. The van der Waals surface area contributed by atoms with Crippen molar-refractivity contribution < 1.29 is 17.7 Å². The highest BCUT2D eigenvalue weighted by Gasteiger charge is 2.54. The standard InChI is InChI=1S/C31H71NO4Si4/c1-28(2,3)37(14,15)33-23-24-26(35-39(18,19)30(7,8)9)27(36-40(20,21)31(10,11)12)25(22-32(24)13)34-38(16,17)29(4,5)6/h24-27H,22-23H2,1-21H3/t24-,25?,26?,27?/m1/s1. The highest BCUT2D eigenvalue weighted by molar-refractivity contribution is 6.75. The maximum atomic E-state index is 7.44. The Kier molecular flexibility index (Phi) is 11.8. The highest BCUT2D eigenvalue weighted by atomic mass is 28.4. The number of nitrogens with zero attached hydrogens (tertiary/aromatic N) is 1. The zero-order chi connectivity index (χ0) is 32.1. The summed E-state index contributed by atoms with van der Waals surface area (Å²) in [5, 5.41) is 0.448. The molecule has 0 N–H and O–H groups in total. The van der Waals surface area contributed by atoms with Gasteiger partial charge in [-0.25, -0.2) is 0 Å². The largest absolute Gasteiger partial charge is 0.415 e. The van der Waals surface area contributed by atoms with Crippen molar-refractivity contribution in [1.29, 1.82) is 0 Å². The summed E-state index contributed by atoms with van der Waals surface area (Å²) >= 11 is 0. The zero-order valence-electron chi connectivity index (χ0n) is 30.8. The van der Waals surface area contributed by atoms with Crippen LogP contribution in [0.2, 0.25) is 72.5 Å². The predicted molar refractivity (Wildman–Crippen MR) is 186 cm³/mol. The molecule has 40 heavy (non-hydrogen) atoms. The first-order chi connectivity index (χ1) is 17.3. The van der Waals surface area contributed by atoms with E-state index in [4.69, 9.17) is 17.7 Å². The first-order valence-corrected chi connectivity index (χ1v) is 27.3. The Balaban J connectivity index is 3.75. The van der Waals surface area contributed by atoms with E-state index >= 15 is 0 Å². The molecular weight excluding hydrogens is 563 g/mol. The monoisotopic (exact) mass is 633 g/mol. The Bertz CT molecular complexity index is 832. The van der Waals surface area contributed by atoms with E-state index in [1.54, 1.807) is 0 Å². The maximum Gasteiger partial charge on any atom is 0.192 e. The van der Waals surface area contributed by atoms with Crippen LogP contribution in [0.15, 0.2) is 0 Å². The fourth-order valence-corrected chi connectivity index (χ4v) is 8.90. The summed E-state index contributed by atoms with van der Waals surface area (Å²) in [4.78, 5) is 2.47. The van der Waals surface area contributed by atoms with Crippen LogP contribution < -0.4 is 0 Å². The van der Waals surface area contributed by atoms with Gasteiger partial charge in [0.2, 0.25) is 0 Å². The molecule has 1 fully saturated rings. The normalized spacial score (nSPS) is 25.4. The topological polar surface area (TPSA) is 40.2 Å². The lowest BCUT2D eigenvalue weighted by Gasteiger charge is -2.55. The van der Waals surface area contributed by atoms with Crippen LogP contribution in [0.1, 0.15) is 83.1 Å². The molecule has 240 valence electrons. The third kappa shape index (κ3) is 9.09. The van der Waals surface area contributed by atoms with Gasteiger partial charge in [-0.3, -0.25) is 4.90 Å². The minimum atomic E-state index is -2.14. The van der Waals surface area contributed by atoms with E-state index in [9.17, 15) is 0 Å². The van der Waals surface area contributed by atoms with E-state index in [0.29, 0.717) is 6.61 Å². The van der Waals surface area contributed by atoms with E-state index in [1.165, 1.54) is 0 Å². The summed E-state index contributed by atoms with van der Waals surface area (Å²) in [6.07, 6.45) is -0.291. The van der Waals surface area contributed by atoms with E-state index in [1.807, 2.05) is 0 Å². The molecule has 5 nitrogen and oxygen atoms in total. The van der Waals surface area contributed by atoms with Crippen LogP contribution in [-0.4, -0.2) is 82.7 Å². The van der Waals surface area contributed by atoms with Crippen molar-refractivity contribution in [3.63, 3.8) is 0 Å². The number of likely N-dealkylation sites (N-methyl/N-ethyl adjacent to an activating group) is 1. The second-order valence-corrected chi connectivity index (χ2v) is 37.8. The molecule has 9 heteroatoms. The van der Waals surface area contributed by atoms with Crippen LogP contribution in [0.25, 0.3) is 0 Å². The Labute approximate surface area is 255 Å². The summed E-state index contributed by atoms with van der Waals surface area (Å²) in [6.45, 7) is 48.4. The fourth-order valence-electron chi connectivity index (χ4n) is 3.92. The van der Waals surface area contributed by atoms with Gasteiger partial charge in [-0.15, -0.1) is 0 Å². The van der Waals surface area contributed by atoms with Crippen LogP contribution >= 0.6 is 0 Å². The van der Waals surface area contributed by atoms with E-state index in [2.05, 4.69) is 147 Å².